The normalized spacial score (nSPS) is 23.6. The number of esters is 1. The molecule has 2 bridgehead atoms. The second-order valence-electron chi connectivity index (χ2n) is 9.65. The third-order valence-electron chi connectivity index (χ3n) is 6.52. The van der Waals surface area contributed by atoms with Crippen molar-refractivity contribution in [2.75, 3.05) is 13.7 Å². The summed E-state index contributed by atoms with van der Waals surface area (Å²) < 4.78 is 25.7. The molecule has 0 spiro atoms. The third kappa shape index (κ3) is 4.01. The fourth-order valence-corrected chi connectivity index (χ4v) is 6.02. The van der Waals surface area contributed by atoms with E-state index in [0.717, 1.165) is 0 Å². The molecule has 2 aliphatic rings. The first-order valence-corrected chi connectivity index (χ1v) is 12.2. The molecule has 0 N–H and O–H groups in total. The highest BCUT2D eigenvalue weighted by molar-refractivity contribution is 9.10. The molecule has 35 heavy (non-hydrogen) atoms. The number of benzene rings is 1. The zero-order valence-electron chi connectivity index (χ0n) is 19.2. The van der Waals surface area contributed by atoms with Gasteiger partial charge in [0.15, 0.2) is 5.82 Å². The van der Waals surface area contributed by atoms with Gasteiger partial charge in [-0.15, -0.1) is 0 Å². The number of hydrogen-bond acceptors (Lipinski definition) is 7. The molecule has 2 fully saturated rings. The third-order valence-corrected chi connectivity index (χ3v) is 8.09. The molecule has 0 radical (unpaired) electrons. The number of ether oxygens (including phenoxy) is 2. The highest BCUT2D eigenvalue weighted by Gasteiger charge is 2.64. The maximum absolute atomic E-state index is 15.2. The first-order valence-electron chi connectivity index (χ1n) is 10.6. The van der Waals surface area contributed by atoms with E-state index in [0.29, 0.717) is 6.42 Å². The van der Waals surface area contributed by atoms with Crippen LogP contribution in [0.25, 0.3) is 10.9 Å². The van der Waals surface area contributed by atoms with Gasteiger partial charge in [-0.2, -0.15) is 0 Å². The van der Waals surface area contributed by atoms with E-state index in [2.05, 4.69) is 20.9 Å². The van der Waals surface area contributed by atoms with Crippen molar-refractivity contribution in [3.05, 3.63) is 42.2 Å². The van der Waals surface area contributed by atoms with Gasteiger partial charge in [-0.1, -0.05) is 23.2 Å². The maximum atomic E-state index is 15.2. The van der Waals surface area contributed by atoms with Crippen LogP contribution in [0, 0.1) is 21.8 Å². The number of nitro groups is 1. The topological polar surface area (TPSA) is 112 Å². The number of pyridine rings is 1. The van der Waals surface area contributed by atoms with Gasteiger partial charge < -0.3 is 14.4 Å². The van der Waals surface area contributed by atoms with Crippen molar-refractivity contribution in [2.24, 2.45) is 5.92 Å². The van der Waals surface area contributed by atoms with Gasteiger partial charge in [0.2, 0.25) is 5.15 Å². The Kier molecular flexibility index (Phi) is 6.43. The average molecular weight is 593 g/mol. The van der Waals surface area contributed by atoms with E-state index in [1.807, 2.05) is 0 Å². The Morgan fingerprint density at radius 1 is 1.37 bits per heavy atom. The van der Waals surface area contributed by atoms with Gasteiger partial charge in [0.25, 0.3) is 0 Å². The van der Waals surface area contributed by atoms with E-state index >= 15 is 4.39 Å². The fourth-order valence-electron chi connectivity index (χ4n) is 5.28. The molecule has 4 rings (SSSR count). The molecule has 13 heteroatoms. The van der Waals surface area contributed by atoms with Crippen LogP contribution < -0.4 is 0 Å². The summed E-state index contributed by atoms with van der Waals surface area (Å²) in [5.41, 5.74) is -3.34. The van der Waals surface area contributed by atoms with E-state index in [4.69, 9.17) is 32.7 Å². The summed E-state index contributed by atoms with van der Waals surface area (Å²) in [4.78, 5) is 43.1. The summed E-state index contributed by atoms with van der Waals surface area (Å²) >= 11 is 15.5. The number of aromatic nitrogens is 1. The second-order valence-corrected chi connectivity index (χ2v) is 11.2. The Bertz CT molecular complexity index is 1290. The molecule has 1 aromatic carbocycles. The predicted octanol–water partition coefficient (Wildman–Crippen LogP) is 5.79. The number of nitrogens with zero attached hydrogens (tertiary/aromatic N) is 3. The van der Waals surface area contributed by atoms with Crippen LogP contribution >= 0.6 is 39.1 Å². The number of halogens is 4. The highest BCUT2D eigenvalue weighted by atomic mass is 79.9. The van der Waals surface area contributed by atoms with Crippen LogP contribution in [0.1, 0.15) is 39.2 Å². The van der Waals surface area contributed by atoms with Gasteiger partial charge >= 0.3 is 17.7 Å². The smallest absolute Gasteiger partial charge is 0.410 e. The number of carbonyl (C=O) groups is 2. The number of amides is 1. The van der Waals surface area contributed by atoms with E-state index in [1.165, 1.54) is 18.1 Å². The minimum Gasteiger partial charge on any atom is -0.468 e. The van der Waals surface area contributed by atoms with Crippen molar-refractivity contribution in [1.29, 1.82) is 0 Å². The van der Waals surface area contributed by atoms with Crippen molar-refractivity contribution in [3.8, 4) is 0 Å². The molecule has 1 amide bonds. The lowest BCUT2D eigenvalue weighted by atomic mass is 9.69. The largest absolute Gasteiger partial charge is 0.468 e. The first kappa shape index (κ1) is 25.8. The molecule has 1 saturated carbocycles. The second kappa shape index (κ2) is 8.70. The lowest BCUT2D eigenvalue weighted by molar-refractivity contribution is -0.386. The van der Waals surface area contributed by atoms with E-state index < -0.39 is 56.6 Å². The lowest BCUT2D eigenvalue weighted by Crippen LogP contribution is -2.52. The van der Waals surface area contributed by atoms with Crippen molar-refractivity contribution in [3.63, 3.8) is 0 Å². The molecule has 3 unspecified atom stereocenters. The molecular weight excluding hydrogens is 572 g/mol. The molecule has 2 aromatic rings. The zero-order chi connectivity index (χ0) is 26.0. The van der Waals surface area contributed by atoms with Crippen molar-refractivity contribution in [2.45, 2.75) is 50.7 Å². The lowest BCUT2D eigenvalue weighted by Gasteiger charge is -2.40. The maximum Gasteiger partial charge on any atom is 0.410 e. The molecule has 3 atom stereocenters. The van der Waals surface area contributed by atoms with Crippen molar-refractivity contribution < 1.29 is 28.4 Å². The number of carbonyl (C=O) groups excluding carboxylic acids is 2. The Labute approximate surface area is 218 Å². The van der Waals surface area contributed by atoms with Crippen LogP contribution in [0.15, 0.2) is 10.5 Å². The number of hydrogen-bond donors (Lipinski definition) is 0. The molecule has 1 aliphatic carbocycles. The van der Waals surface area contributed by atoms with Crippen LogP contribution in [0.3, 0.4) is 0 Å². The zero-order valence-corrected chi connectivity index (χ0v) is 22.3. The van der Waals surface area contributed by atoms with Gasteiger partial charge in [-0.3, -0.25) is 14.9 Å². The number of methoxy groups -OCH3 is 1. The number of piperidine rings is 1. The molecule has 1 saturated heterocycles. The van der Waals surface area contributed by atoms with Crippen LogP contribution in [0.5, 0.6) is 0 Å². The summed E-state index contributed by atoms with van der Waals surface area (Å²) in [5, 5.41) is 11.5. The number of rotatable bonds is 3. The summed E-state index contributed by atoms with van der Waals surface area (Å²) in [6.07, 6.45) is -0.192. The van der Waals surface area contributed by atoms with Crippen LogP contribution in [0.2, 0.25) is 10.2 Å². The van der Waals surface area contributed by atoms with Gasteiger partial charge in [-0.05, 0) is 61.5 Å². The molecule has 188 valence electrons. The number of likely N-dealkylation sites (tertiary alicyclic amines) is 1. The van der Waals surface area contributed by atoms with Crippen molar-refractivity contribution in [1.82, 2.24) is 9.88 Å². The Morgan fingerprint density at radius 3 is 2.54 bits per heavy atom. The van der Waals surface area contributed by atoms with E-state index in [1.54, 1.807) is 20.8 Å². The minimum absolute atomic E-state index is 0.00479. The Hall–Kier alpha value is -2.24. The fraction of sp³-hybridized carbons (Fsp3) is 0.500. The summed E-state index contributed by atoms with van der Waals surface area (Å²) in [6, 6.07) is 0.851. The predicted molar refractivity (Wildman–Crippen MR) is 129 cm³/mol. The Balaban J connectivity index is 1.97. The molecule has 1 aliphatic heterocycles. The highest BCUT2D eigenvalue weighted by Crippen LogP contribution is 2.57. The first-order chi connectivity index (χ1) is 16.2. The molecule has 1 aromatic heterocycles. The quantitative estimate of drug-likeness (QED) is 0.146. The number of fused-ring (bicyclic) bond motifs is 3. The Morgan fingerprint density at radius 2 is 2.03 bits per heavy atom. The summed E-state index contributed by atoms with van der Waals surface area (Å²) in [6.45, 7) is 5.30. The van der Waals surface area contributed by atoms with Crippen LogP contribution in [-0.2, 0) is 19.7 Å². The average Bonchev–Trinajstić information content (AvgIpc) is 3.35. The molecule has 2 heterocycles. The van der Waals surface area contributed by atoms with Gasteiger partial charge in [0.05, 0.1) is 27.1 Å². The van der Waals surface area contributed by atoms with Gasteiger partial charge in [-0.25, -0.2) is 14.2 Å². The van der Waals surface area contributed by atoms with Crippen molar-refractivity contribution >= 4 is 67.8 Å². The summed E-state index contributed by atoms with van der Waals surface area (Å²) in [7, 11) is 1.17. The molecule has 9 nitrogen and oxygen atoms in total. The van der Waals surface area contributed by atoms with E-state index in [-0.39, 0.29) is 38.9 Å². The van der Waals surface area contributed by atoms with Crippen LogP contribution in [-0.4, -0.2) is 52.2 Å². The van der Waals surface area contributed by atoms with E-state index in [9.17, 15) is 19.7 Å². The van der Waals surface area contributed by atoms with Gasteiger partial charge in [0, 0.05) is 18.0 Å². The SMILES string of the molecule is COC(=O)C1(c2c([N+](=O)[O-])c(Cl)nc3c(F)c(Br)c(Cl)cc23)CC2CC1CN2C(=O)OC(C)(C)C. The molecular formula is C22H21BrCl2FN3O6. The van der Waals surface area contributed by atoms with Gasteiger partial charge in [0.1, 0.15) is 16.5 Å². The monoisotopic (exact) mass is 591 g/mol. The minimum atomic E-state index is -1.59. The summed E-state index contributed by atoms with van der Waals surface area (Å²) in [5.74, 6) is -2.21. The van der Waals surface area contributed by atoms with Crippen LogP contribution in [0.4, 0.5) is 14.9 Å². The standard InChI is InChI=1S/C22H21BrCl2FN3O6/c1-21(2,3)35-20(31)28-8-9-5-10(28)7-22(9,19(30)34-4)13-11-6-12(24)14(23)15(26)16(11)27-18(25)17(13)29(32)33/h6,9-10H,5,7-8H2,1-4H3.